The maximum Gasteiger partial charge on any atom is 0.264 e. The second-order valence-corrected chi connectivity index (χ2v) is 8.93. The Balaban J connectivity index is 1.51. The van der Waals surface area contributed by atoms with Crippen LogP contribution in [0, 0.1) is 13.8 Å². The number of hydrogen-bond donors (Lipinski definition) is 1. The third-order valence-electron chi connectivity index (χ3n) is 5.28. The third-order valence-corrected chi connectivity index (χ3v) is 6.55. The molecule has 0 unspecified atom stereocenters. The SMILES string of the molecule is COc1cc(/C=C2\SC(=Nc3cccc(C)c3C)NC2=O)ccc1OCc1ccccc1Cl. The lowest BCUT2D eigenvalue weighted by Crippen LogP contribution is -2.19. The Bertz CT molecular complexity index is 1270. The van der Waals surface area contributed by atoms with Crippen molar-refractivity contribution in [2.45, 2.75) is 20.5 Å². The second-order valence-electron chi connectivity index (χ2n) is 7.49. The molecule has 4 rings (SSSR count). The summed E-state index contributed by atoms with van der Waals surface area (Å²) in [5, 5.41) is 4.06. The van der Waals surface area contributed by atoms with Gasteiger partial charge in [0.15, 0.2) is 16.7 Å². The van der Waals surface area contributed by atoms with Gasteiger partial charge in [-0.15, -0.1) is 0 Å². The highest BCUT2D eigenvalue weighted by Gasteiger charge is 2.24. The zero-order valence-corrected chi connectivity index (χ0v) is 20.1. The van der Waals surface area contributed by atoms with Crippen LogP contribution >= 0.6 is 23.4 Å². The van der Waals surface area contributed by atoms with Crippen LogP contribution in [-0.4, -0.2) is 18.2 Å². The molecule has 0 atom stereocenters. The van der Waals surface area contributed by atoms with Gasteiger partial charge in [-0.1, -0.05) is 48.0 Å². The van der Waals surface area contributed by atoms with Crippen molar-refractivity contribution in [2.75, 3.05) is 7.11 Å². The summed E-state index contributed by atoms with van der Waals surface area (Å²) in [7, 11) is 1.58. The van der Waals surface area contributed by atoms with Crippen LogP contribution in [0.15, 0.2) is 70.6 Å². The summed E-state index contributed by atoms with van der Waals surface area (Å²) in [6, 6.07) is 19.0. The molecular formula is C26H23ClN2O3S. The van der Waals surface area contributed by atoms with Crippen LogP contribution in [0.4, 0.5) is 5.69 Å². The van der Waals surface area contributed by atoms with E-state index in [-0.39, 0.29) is 5.91 Å². The fraction of sp³-hybridized carbons (Fsp3) is 0.154. The maximum atomic E-state index is 12.5. The molecule has 0 spiro atoms. The molecule has 1 aliphatic rings. The number of hydrogen-bond acceptors (Lipinski definition) is 5. The number of thioether (sulfide) groups is 1. The number of aliphatic imine (C=N–C) groups is 1. The van der Waals surface area contributed by atoms with Crippen molar-refractivity contribution in [1.82, 2.24) is 5.32 Å². The molecule has 0 saturated carbocycles. The topological polar surface area (TPSA) is 59.9 Å². The maximum absolute atomic E-state index is 12.5. The molecule has 0 radical (unpaired) electrons. The van der Waals surface area contributed by atoms with Gasteiger partial charge < -0.3 is 14.8 Å². The van der Waals surface area contributed by atoms with E-state index in [4.69, 9.17) is 21.1 Å². The molecule has 1 fully saturated rings. The van der Waals surface area contributed by atoms with Crippen LogP contribution in [0.25, 0.3) is 6.08 Å². The smallest absolute Gasteiger partial charge is 0.264 e. The van der Waals surface area contributed by atoms with Gasteiger partial charge in [0.05, 0.1) is 17.7 Å². The number of nitrogens with zero attached hydrogens (tertiary/aromatic N) is 1. The number of amides is 1. The Kier molecular flexibility index (Phi) is 7.06. The van der Waals surface area contributed by atoms with Crippen molar-refractivity contribution in [3.8, 4) is 11.5 Å². The van der Waals surface area contributed by atoms with Crippen molar-refractivity contribution in [3.05, 3.63) is 92.8 Å². The van der Waals surface area contributed by atoms with Gasteiger partial charge >= 0.3 is 0 Å². The number of methoxy groups -OCH3 is 1. The number of nitrogens with one attached hydrogen (secondary N) is 1. The van der Waals surface area contributed by atoms with Crippen LogP contribution in [0.3, 0.4) is 0 Å². The first-order valence-corrected chi connectivity index (χ1v) is 11.5. The lowest BCUT2D eigenvalue weighted by atomic mass is 10.1. The van der Waals surface area contributed by atoms with Crippen LogP contribution in [0.5, 0.6) is 11.5 Å². The van der Waals surface area contributed by atoms with E-state index in [1.165, 1.54) is 11.8 Å². The highest BCUT2D eigenvalue weighted by Crippen LogP contribution is 2.33. The van der Waals surface area contributed by atoms with Gasteiger partial charge in [-0.05, 0) is 72.6 Å². The Morgan fingerprint density at radius 3 is 2.67 bits per heavy atom. The van der Waals surface area contributed by atoms with Crippen molar-refractivity contribution in [1.29, 1.82) is 0 Å². The monoisotopic (exact) mass is 478 g/mol. The number of carbonyl (C=O) groups excluding carboxylic acids is 1. The summed E-state index contributed by atoms with van der Waals surface area (Å²) >= 11 is 7.52. The molecule has 0 bridgehead atoms. The highest BCUT2D eigenvalue weighted by atomic mass is 35.5. The standard InChI is InChI=1S/C26H23ClN2O3S/c1-16-7-6-10-21(17(16)2)28-26-29-25(30)24(33-26)14-18-11-12-22(23(13-18)31-3)32-15-19-8-4-5-9-20(19)27/h4-14H,15H2,1-3H3,(H,28,29,30)/b24-14-. The molecule has 7 heteroatoms. The molecule has 0 aromatic heterocycles. The van der Waals surface area contributed by atoms with E-state index in [1.54, 1.807) is 7.11 Å². The molecular weight excluding hydrogens is 456 g/mol. The average molecular weight is 479 g/mol. The molecule has 1 aliphatic heterocycles. The Hall–Kier alpha value is -3.22. The van der Waals surface area contributed by atoms with Crippen LogP contribution in [0.1, 0.15) is 22.3 Å². The van der Waals surface area contributed by atoms with Gasteiger partial charge in [0.1, 0.15) is 6.61 Å². The zero-order chi connectivity index (χ0) is 23.4. The van der Waals surface area contributed by atoms with Gasteiger partial charge in [0, 0.05) is 10.6 Å². The summed E-state index contributed by atoms with van der Waals surface area (Å²) in [5.41, 5.74) is 4.81. The number of ether oxygens (including phenoxy) is 2. The number of amidine groups is 1. The highest BCUT2D eigenvalue weighted by molar-refractivity contribution is 8.18. The van der Waals surface area contributed by atoms with Crippen molar-refractivity contribution < 1.29 is 14.3 Å². The molecule has 33 heavy (non-hydrogen) atoms. The minimum absolute atomic E-state index is 0.179. The predicted octanol–water partition coefficient (Wildman–Crippen LogP) is 6.44. The number of benzene rings is 3. The van der Waals surface area contributed by atoms with Crippen LogP contribution in [0.2, 0.25) is 5.02 Å². The van der Waals surface area contributed by atoms with E-state index in [1.807, 2.05) is 80.6 Å². The Labute approximate surface area is 202 Å². The normalized spacial score (nSPS) is 15.7. The third kappa shape index (κ3) is 5.41. The summed E-state index contributed by atoms with van der Waals surface area (Å²) in [5.74, 6) is 0.992. The number of carbonyl (C=O) groups is 1. The molecule has 168 valence electrons. The molecule has 0 aliphatic carbocycles. The van der Waals surface area contributed by atoms with Crippen LogP contribution in [-0.2, 0) is 11.4 Å². The van der Waals surface area contributed by atoms with Gasteiger partial charge in [-0.2, -0.15) is 0 Å². The molecule has 1 saturated heterocycles. The van der Waals surface area contributed by atoms with Gasteiger partial charge in [-0.25, -0.2) is 4.99 Å². The van der Waals surface area contributed by atoms with Crippen molar-refractivity contribution >= 4 is 46.2 Å². The molecule has 5 nitrogen and oxygen atoms in total. The van der Waals surface area contributed by atoms with E-state index in [9.17, 15) is 4.79 Å². The molecule has 3 aromatic rings. The first kappa shape index (κ1) is 23.0. The molecule has 1 heterocycles. The fourth-order valence-corrected chi connectivity index (χ4v) is 4.29. The van der Waals surface area contributed by atoms with Gasteiger partial charge in [-0.3, -0.25) is 4.79 Å². The number of rotatable bonds is 6. The van der Waals surface area contributed by atoms with E-state index >= 15 is 0 Å². The lowest BCUT2D eigenvalue weighted by molar-refractivity contribution is -0.115. The predicted molar refractivity (Wildman–Crippen MR) is 135 cm³/mol. The lowest BCUT2D eigenvalue weighted by Gasteiger charge is -2.12. The van der Waals surface area contributed by atoms with Crippen LogP contribution < -0.4 is 14.8 Å². The summed E-state index contributed by atoms with van der Waals surface area (Å²) in [4.78, 5) is 17.7. The van der Waals surface area contributed by atoms with E-state index in [2.05, 4.69) is 10.3 Å². The molecule has 1 amide bonds. The minimum Gasteiger partial charge on any atom is -0.493 e. The van der Waals surface area contributed by atoms with Gasteiger partial charge in [0.25, 0.3) is 5.91 Å². The molecule has 3 aromatic carbocycles. The molecule has 1 N–H and O–H groups in total. The van der Waals surface area contributed by atoms with E-state index in [0.29, 0.717) is 33.2 Å². The first-order chi connectivity index (χ1) is 15.9. The summed E-state index contributed by atoms with van der Waals surface area (Å²) in [6.07, 6.45) is 1.81. The Morgan fingerprint density at radius 1 is 1.06 bits per heavy atom. The van der Waals surface area contributed by atoms with Crippen molar-refractivity contribution in [3.63, 3.8) is 0 Å². The van der Waals surface area contributed by atoms with E-state index < -0.39 is 0 Å². The average Bonchev–Trinajstić information content (AvgIpc) is 3.15. The minimum atomic E-state index is -0.179. The van der Waals surface area contributed by atoms with Gasteiger partial charge in [0.2, 0.25) is 0 Å². The fourth-order valence-electron chi connectivity index (χ4n) is 3.26. The summed E-state index contributed by atoms with van der Waals surface area (Å²) < 4.78 is 11.4. The largest absolute Gasteiger partial charge is 0.493 e. The Morgan fingerprint density at radius 2 is 1.88 bits per heavy atom. The summed E-state index contributed by atoms with van der Waals surface area (Å²) in [6.45, 7) is 4.39. The zero-order valence-electron chi connectivity index (χ0n) is 18.5. The number of aryl methyl sites for hydroxylation is 1. The quantitative estimate of drug-likeness (QED) is 0.414. The first-order valence-electron chi connectivity index (χ1n) is 10.3. The second kappa shape index (κ2) is 10.1. The van der Waals surface area contributed by atoms with E-state index in [0.717, 1.165) is 27.9 Å². The number of halogens is 1. The van der Waals surface area contributed by atoms with Crippen molar-refractivity contribution in [2.24, 2.45) is 4.99 Å².